The zero-order chi connectivity index (χ0) is 20.6. The predicted molar refractivity (Wildman–Crippen MR) is 105 cm³/mol. The van der Waals surface area contributed by atoms with Crippen molar-refractivity contribution in [3.05, 3.63) is 59.9 Å². The van der Waals surface area contributed by atoms with E-state index in [0.29, 0.717) is 5.56 Å². The Morgan fingerprint density at radius 2 is 1.75 bits per heavy atom. The fourth-order valence-corrected chi connectivity index (χ4v) is 3.16. The van der Waals surface area contributed by atoms with Crippen LogP contribution in [-0.4, -0.2) is 24.6 Å². The fraction of sp³-hybridized carbons (Fsp3) is 0.350. The van der Waals surface area contributed by atoms with Crippen molar-refractivity contribution >= 4 is 21.7 Å². The van der Waals surface area contributed by atoms with Crippen LogP contribution in [0.3, 0.4) is 0 Å². The lowest BCUT2D eigenvalue weighted by molar-refractivity contribution is -0.671. The number of pyridine rings is 1. The minimum absolute atomic E-state index is 0.140. The van der Waals surface area contributed by atoms with Crippen molar-refractivity contribution in [2.45, 2.75) is 43.9 Å². The summed E-state index contributed by atoms with van der Waals surface area (Å²) in [6.45, 7) is 1.82. The average Bonchev–Trinajstić information content (AvgIpc) is 2.67. The highest BCUT2D eigenvalue weighted by atomic mass is 32.2. The number of hydrogen-bond acceptors (Lipinski definition) is 5. The second-order valence-corrected chi connectivity index (χ2v) is 8.08. The summed E-state index contributed by atoms with van der Waals surface area (Å²) in [4.78, 5) is 11.6. The summed E-state index contributed by atoms with van der Waals surface area (Å²) in [6, 6.07) is 9.42. The van der Waals surface area contributed by atoms with Crippen molar-refractivity contribution in [2.75, 3.05) is 0 Å². The number of benzene rings is 1. The first-order valence-corrected chi connectivity index (χ1v) is 10.5. The van der Waals surface area contributed by atoms with E-state index in [2.05, 4.69) is 10.5 Å². The molecule has 7 nitrogen and oxygen atoms in total. The normalized spacial score (nSPS) is 13.9. The molecule has 0 radical (unpaired) electrons. The maximum absolute atomic E-state index is 11.8. The largest absolute Gasteiger partial charge is 0.744 e. The summed E-state index contributed by atoms with van der Waals surface area (Å²) in [5.74, 6) is -0.140. The van der Waals surface area contributed by atoms with Crippen molar-refractivity contribution in [2.24, 2.45) is 12.1 Å². The summed E-state index contributed by atoms with van der Waals surface area (Å²) in [5, 5.41) is 4.20. The molecule has 1 aromatic heterocycles. The van der Waals surface area contributed by atoms with Crippen LogP contribution in [0.15, 0.2) is 58.8 Å². The molecule has 150 valence electrons. The van der Waals surface area contributed by atoms with Gasteiger partial charge >= 0.3 is 0 Å². The Morgan fingerprint density at radius 3 is 2.32 bits per heavy atom. The number of rotatable bonds is 3. The van der Waals surface area contributed by atoms with Crippen LogP contribution >= 0.6 is 0 Å². The summed E-state index contributed by atoms with van der Waals surface area (Å²) >= 11 is 0. The number of aryl methyl sites for hydroxylation is 2. The molecule has 1 aromatic carbocycles. The lowest BCUT2D eigenvalue weighted by Crippen LogP contribution is -2.30. The molecule has 0 aliphatic heterocycles. The van der Waals surface area contributed by atoms with Crippen molar-refractivity contribution < 1.29 is 22.3 Å². The monoisotopic (exact) mass is 403 g/mol. The maximum atomic E-state index is 11.8. The molecule has 1 fully saturated rings. The van der Waals surface area contributed by atoms with Crippen molar-refractivity contribution in [1.29, 1.82) is 0 Å². The molecular formula is C20H25N3O4S. The molecule has 0 unspecified atom stereocenters. The standard InChI is InChI=1S/C13H17N3O.C7H8O3S/c1-16-9-5-6-11(10-16)13(17)15-14-12-7-3-2-4-8-12;1-6-2-4-7(5-3-6)11(8,9)10/h5-6,9-10H,2-4,7-8H2,1H3;2-5H,1H3,(H,8,9,10). The third-order valence-electron chi connectivity index (χ3n) is 4.26. The molecule has 1 heterocycles. The zero-order valence-corrected chi connectivity index (χ0v) is 16.9. The Hall–Kier alpha value is -2.58. The van der Waals surface area contributed by atoms with Crippen LogP contribution in [-0.2, 0) is 17.2 Å². The van der Waals surface area contributed by atoms with E-state index in [-0.39, 0.29) is 10.8 Å². The van der Waals surface area contributed by atoms with Crippen molar-refractivity contribution in [3.63, 3.8) is 0 Å². The Kier molecular flexibility index (Phi) is 7.83. The van der Waals surface area contributed by atoms with Gasteiger partial charge in [-0.15, -0.1) is 0 Å². The van der Waals surface area contributed by atoms with Gasteiger partial charge in [0.25, 0.3) is 5.91 Å². The molecule has 1 N–H and O–H groups in total. The number of aromatic nitrogens is 1. The lowest BCUT2D eigenvalue weighted by Gasteiger charge is -2.11. The lowest BCUT2D eigenvalue weighted by atomic mass is 9.99. The van der Waals surface area contributed by atoms with E-state index in [4.69, 9.17) is 0 Å². The number of carbonyl (C=O) groups excluding carboxylic acids is 1. The topological polar surface area (TPSA) is 103 Å². The molecule has 0 spiro atoms. The highest BCUT2D eigenvalue weighted by molar-refractivity contribution is 7.85. The molecule has 0 atom stereocenters. The maximum Gasteiger partial charge on any atom is 0.277 e. The number of nitrogens with zero attached hydrogens (tertiary/aromatic N) is 2. The number of carbonyl (C=O) groups is 1. The van der Waals surface area contributed by atoms with Crippen molar-refractivity contribution in [3.8, 4) is 0 Å². The van der Waals surface area contributed by atoms with Gasteiger partial charge in [-0.25, -0.2) is 18.4 Å². The van der Waals surface area contributed by atoms with E-state index in [1.807, 2.05) is 30.8 Å². The quantitative estimate of drug-likeness (QED) is 0.483. The fourth-order valence-electron chi connectivity index (χ4n) is 2.69. The predicted octanol–water partition coefficient (Wildman–Crippen LogP) is 2.46. The van der Waals surface area contributed by atoms with Gasteiger partial charge < -0.3 is 4.55 Å². The van der Waals surface area contributed by atoms with Gasteiger partial charge in [0.05, 0.1) is 4.90 Å². The van der Waals surface area contributed by atoms with Gasteiger partial charge in [0.1, 0.15) is 22.7 Å². The van der Waals surface area contributed by atoms with Gasteiger partial charge in [-0.05, 0) is 50.8 Å². The summed E-state index contributed by atoms with van der Waals surface area (Å²) in [5.41, 5.74) is 5.31. The molecule has 0 bridgehead atoms. The molecule has 28 heavy (non-hydrogen) atoms. The Balaban J connectivity index is 0.000000221. The molecule has 8 heteroatoms. The summed E-state index contributed by atoms with van der Waals surface area (Å²) < 4.78 is 33.0. The highest BCUT2D eigenvalue weighted by Gasteiger charge is 2.10. The first kappa shape index (κ1) is 21.7. The molecule has 2 aromatic rings. The van der Waals surface area contributed by atoms with Crippen LogP contribution in [0.1, 0.15) is 48.0 Å². The molecule has 3 rings (SSSR count). The smallest absolute Gasteiger partial charge is 0.277 e. The van der Waals surface area contributed by atoms with Crippen LogP contribution in [0, 0.1) is 6.92 Å². The van der Waals surface area contributed by atoms with E-state index < -0.39 is 10.1 Å². The van der Waals surface area contributed by atoms with E-state index in [9.17, 15) is 17.8 Å². The summed E-state index contributed by atoms with van der Waals surface area (Å²) in [6.07, 6.45) is 9.37. The number of amides is 1. The van der Waals surface area contributed by atoms with E-state index >= 15 is 0 Å². The minimum atomic E-state index is -4.27. The Morgan fingerprint density at radius 1 is 1.11 bits per heavy atom. The van der Waals surface area contributed by atoms with Gasteiger partial charge in [-0.1, -0.05) is 24.1 Å². The van der Waals surface area contributed by atoms with Gasteiger partial charge in [0.2, 0.25) is 0 Å². The van der Waals surface area contributed by atoms with E-state index in [1.54, 1.807) is 24.4 Å². The van der Waals surface area contributed by atoms with Gasteiger partial charge in [-0.3, -0.25) is 4.79 Å². The number of hydrogen-bond donors (Lipinski definition) is 1. The van der Waals surface area contributed by atoms with Crippen LogP contribution in [0.2, 0.25) is 0 Å². The van der Waals surface area contributed by atoms with Crippen LogP contribution in [0.25, 0.3) is 0 Å². The highest BCUT2D eigenvalue weighted by Crippen LogP contribution is 2.14. The Bertz CT molecular complexity index is 930. The molecule has 1 saturated carbocycles. The van der Waals surface area contributed by atoms with Gasteiger partial charge in [-0.2, -0.15) is 5.10 Å². The average molecular weight is 404 g/mol. The summed E-state index contributed by atoms with van der Waals surface area (Å²) in [7, 11) is -2.38. The SMILES string of the molecule is C[n+]1cccc(C(=O)NN=C2CCCCC2)c1.Cc1ccc(S(=O)(=O)[O-])cc1. The molecule has 1 aliphatic carbocycles. The third-order valence-corrected chi connectivity index (χ3v) is 5.11. The molecule has 0 saturated heterocycles. The minimum Gasteiger partial charge on any atom is -0.744 e. The van der Waals surface area contributed by atoms with Crippen LogP contribution < -0.4 is 9.99 Å². The Labute approximate surface area is 165 Å². The first-order valence-electron chi connectivity index (χ1n) is 9.09. The molecule has 1 aliphatic rings. The van der Waals surface area contributed by atoms with Crippen molar-refractivity contribution in [1.82, 2.24) is 5.43 Å². The first-order chi connectivity index (χ1) is 13.3. The third kappa shape index (κ3) is 7.21. The molecule has 1 amide bonds. The number of hydrazone groups is 1. The number of nitrogens with one attached hydrogen (secondary N) is 1. The molecular weight excluding hydrogens is 378 g/mol. The van der Waals surface area contributed by atoms with Crippen LogP contribution in [0.5, 0.6) is 0 Å². The second-order valence-electron chi connectivity index (χ2n) is 6.70. The van der Waals surface area contributed by atoms with Gasteiger partial charge in [0, 0.05) is 11.8 Å². The zero-order valence-electron chi connectivity index (χ0n) is 16.1. The second kappa shape index (κ2) is 10.1. The van der Waals surface area contributed by atoms with Crippen LogP contribution in [0.4, 0.5) is 0 Å². The van der Waals surface area contributed by atoms with E-state index in [1.165, 1.54) is 31.4 Å². The van der Waals surface area contributed by atoms with Gasteiger partial charge in [0.15, 0.2) is 12.4 Å². The van der Waals surface area contributed by atoms with E-state index in [0.717, 1.165) is 24.1 Å².